The average Bonchev–Trinajstić information content (AvgIpc) is 2.52. The summed E-state index contributed by atoms with van der Waals surface area (Å²) >= 11 is 0. The predicted octanol–water partition coefficient (Wildman–Crippen LogP) is 0.692. The summed E-state index contributed by atoms with van der Waals surface area (Å²) in [6.45, 7) is 1.01. The Balaban J connectivity index is 2.04. The van der Waals surface area contributed by atoms with E-state index in [9.17, 15) is 4.79 Å². The van der Waals surface area contributed by atoms with Gasteiger partial charge in [-0.3, -0.25) is 4.79 Å². The highest BCUT2D eigenvalue weighted by molar-refractivity contribution is 5.78. The van der Waals surface area contributed by atoms with Crippen LogP contribution < -0.4 is 5.32 Å². The lowest BCUT2D eigenvalue weighted by molar-refractivity contribution is -0.151. The molecule has 0 bridgehead atoms. The second-order valence-electron chi connectivity index (χ2n) is 3.91. The van der Waals surface area contributed by atoms with Crippen molar-refractivity contribution in [3.05, 3.63) is 0 Å². The van der Waals surface area contributed by atoms with Gasteiger partial charge in [-0.05, 0) is 12.8 Å². The molecular formula is C9H15NO2. The van der Waals surface area contributed by atoms with E-state index in [4.69, 9.17) is 4.74 Å². The van der Waals surface area contributed by atoms with Gasteiger partial charge in [-0.15, -0.1) is 0 Å². The second-order valence-corrected chi connectivity index (χ2v) is 3.91. The van der Waals surface area contributed by atoms with Gasteiger partial charge in [0.1, 0.15) is 6.04 Å². The first-order chi connectivity index (χ1) is 5.78. The van der Waals surface area contributed by atoms with E-state index in [-0.39, 0.29) is 17.4 Å². The Kier molecular flexibility index (Phi) is 1.83. The Bertz CT molecular complexity index is 197. The summed E-state index contributed by atoms with van der Waals surface area (Å²) in [6, 6.07) is -0.00926. The first-order valence-corrected chi connectivity index (χ1v) is 4.60. The molecule has 0 aromatic rings. The average molecular weight is 169 g/mol. The monoisotopic (exact) mass is 169 g/mol. The van der Waals surface area contributed by atoms with E-state index < -0.39 is 0 Å². The van der Waals surface area contributed by atoms with Crippen LogP contribution in [0.15, 0.2) is 0 Å². The summed E-state index contributed by atoms with van der Waals surface area (Å²) < 4.78 is 4.74. The van der Waals surface area contributed by atoms with Gasteiger partial charge in [0.15, 0.2) is 0 Å². The normalized spacial score (nSPS) is 31.6. The van der Waals surface area contributed by atoms with Crippen LogP contribution in [0.1, 0.15) is 25.7 Å². The highest BCUT2D eigenvalue weighted by Gasteiger charge is 2.52. The largest absolute Gasteiger partial charge is 0.468 e. The molecule has 1 aliphatic heterocycles. The van der Waals surface area contributed by atoms with Crippen molar-refractivity contribution < 1.29 is 9.53 Å². The minimum Gasteiger partial charge on any atom is -0.468 e. The predicted molar refractivity (Wildman–Crippen MR) is 44.7 cm³/mol. The smallest absolute Gasteiger partial charge is 0.323 e. The molecule has 1 saturated carbocycles. The molecule has 1 spiro atoms. The topological polar surface area (TPSA) is 38.3 Å². The van der Waals surface area contributed by atoms with Crippen LogP contribution in [0.4, 0.5) is 0 Å². The number of ether oxygens (including phenoxy) is 1. The van der Waals surface area contributed by atoms with Crippen molar-refractivity contribution in [2.24, 2.45) is 5.41 Å². The number of carbonyl (C=O) groups excluding carboxylic acids is 1. The van der Waals surface area contributed by atoms with Gasteiger partial charge in [-0.25, -0.2) is 0 Å². The molecule has 0 amide bonds. The molecule has 0 radical (unpaired) electrons. The molecule has 3 heteroatoms. The zero-order chi connectivity index (χ0) is 8.60. The van der Waals surface area contributed by atoms with Gasteiger partial charge in [0.05, 0.1) is 7.11 Å². The van der Waals surface area contributed by atoms with Crippen molar-refractivity contribution in [3.8, 4) is 0 Å². The molecule has 12 heavy (non-hydrogen) atoms. The van der Waals surface area contributed by atoms with E-state index in [1.54, 1.807) is 0 Å². The molecule has 1 heterocycles. The third-order valence-electron chi connectivity index (χ3n) is 3.31. The van der Waals surface area contributed by atoms with Gasteiger partial charge in [-0.1, -0.05) is 12.8 Å². The van der Waals surface area contributed by atoms with Crippen molar-refractivity contribution in [1.82, 2.24) is 5.32 Å². The molecule has 2 fully saturated rings. The number of carbonyl (C=O) groups is 1. The van der Waals surface area contributed by atoms with Gasteiger partial charge in [0.2, 0.25) is 0 Å². The van der Waals surface area contributed by atoms with E-state index >= 15 is 0 Å². The summed E-state index contributed by atoms with van der Waals surface area (Å²) in [6.07, 6.45) is 4.93. The number of hydrogen-bond donors (Lipinski definition) is 1. The van der Waals surface area contributed by atoms with Crippen molar-refractivity contribution in [1.29, 1.82) is 0 Å². The Morgan fingerprint density at radius 3 is 2.58 bits per heavy atom. The molecule has 0 aromatic heterocycles. The Hall–Kier alpha value is -0.570. The summed E-state index contributed by atoms with van der Waals surface area (Å²) in [5.41, 5.74) is 0.271. The molecule has 0 unspecified atom stereocenters. The molecule has 68 valence electrons. The molecule has 1 atom stereocenters. The lowest BCUT2D eigenvalue weighted by Gasteiger charge is -2.46. The third kappa shape index (κ3) is 0.959. The molecule has 1 aliphatic carbocycles. The van der Waals surface area contributed by atoms with Crippen LogP contribution in [0.2, 0.25) is 0 Å². The van der Waals surface area contributed by atoms with E-state index in [2.05, 4.69) is 5.32 Å². The SMILES string of the molecule is COC(=O)[C@H]1NCC12CCCC2. The molecule has 0 aromatic carbocycles. The van der Waals surface area contributed by atoms with Crippen LogP contribution >= 0.6 is 0 Å². The number of hydrogen-bond acceptors (Lipinski definition) is 3. The molecule has 1 saturated heterocycles. The second kappa shape index (κ2) is 2.73. The number of rotatable bonds is 1. The highest BCUT2D eigenvalue weighted by Crippen LogP contribution is 2.45. The highest BCUT2D eigenvalue weighted by atomic mass is 16.5. The van der Waals surface area contributed by atoms with Gasteiger partial charge in [0, 0.05) is 12.0 Å². The fraction of sp³-hybridized carbons (Fsp3) is 0.889. The van der Waals surface area contributed by atoms with Crippen LogP contribution in [0.5, 0.6) is 0 Å². The lowest BCUT2D eigenvalue weighted by Crippen LogP contribution is -2.65. The lowest BCUT2D eigenvalue weighted by atomic mass is 9.72. The first-order valence-electron chi connectivity index (χ1n) is 4.60. The fourth-order valence-electron chi connectivity index (χ4n) is 2.49. The number of methoxy groups -OCH3 is 1. The number of esters is 1. The number of nitrogens with one attached hydrogen (secondary N) is 1. The van der Waals surface area contributed by atoms with E-state index in [1.807, 2.05) is 0 Å². The molecule has 3 nitrogen and oxygen atoms in total. The van der Waals surface area contributed by atoms with Crippen LogP contribution in [-0.2, 0) is 9.53 Å². The maximum absolute atomic E-state index is 11.3. The fourth-order valence-corrected chi connectivity index (χ4v) is 2.49. The molecule has 1 N–H and O–H groups in total. The van der Waals surface area contributed by atoms with Crippen LogP contribution in [0.3, 0.4) is 0 Å². The maximum atomic E-state index is 11.3. The molecule has 2 rings (SSSR count). The zero-order valence-corrected chi connectivity index (χ0v) is 7.43. The quantitative estimate of drug-likeness (QED) is 0.587. The van der Waals surface area contributed by atoms with Gasteiger partial charge >= 0.3 is 5.97 Å². The van der Waals surface area contributed by atoms with Crippen LogP contribution in [0, 0.1) is 5.41 Å². The Labute approximate surface area is 72.5 Å². The van der Waals surface area contributed by atoms with Crippen molar-refractivity contribution >= 4 is 5.97 Å². The van der Waals surface area contributed by atoms with Crippen LogP contribution in [0.25, 0.3) is 0 Å². The van der Waals surface area contributed by atoms with Crippen molar-refractivity contribution in [2.45, 2.75) is 31.7 Å². The van der Waals surface area contributed by atoms with Gasteiger partial charge < -0.3 is 10.1 Å². The summed E-state index contributed by atoms with van der Waals surface area (Å²) in [5, 5.41) is 3.15. The van der Waals surface area contributed by atoms with Gasteiger partial charge in [0.25, 0.3) is 0 Å². The minimum atomic E-state index is -0.0804. The summed E-state index contributed by atoms with van der Waals surface area (Å²) in [4.78, 5) is 11.3. The first kappa shape index (κ1) is 8.05. The zero-order valence-electron chi connectivity index (χ0n) is 7.43. The van der Waals surface area contributed by atoms with Crippen LogP contribution in [-0.4, -0.2) is 25.7 Å². The molecular weight excluding hydrogens is 154 g/mol. The standard InChI is InChI=1S/C9H15NO2/c1-12-8(11)7-9(6-10-7)4-2-3-5-9/h7,10H,2-6H2,1H3/t7-/m1/s1. The van der Waals surface area contributed by atoms with Crippen molar-refractivity contribution in [2.75, 3.05) is 13.7 Å². The Morgan fingerprint density at radius 2 is 2.17 bits per heavy atom. The summed E-state index contributed by atoms with van der Waals surface area (Å²) in [7, 11) is 1.46. The summed E-state index contributed by atoms with van der Waals surface area (Å²) in [5.74, 6) is -0.0804. The van der Waals surface area contributed by atoms with E-state index in [1.165, 1.54) is 32.8 Å². The Morgan fingerprint density at radius 1 is 1.50 bits per heavy atom. The van der Waals surface area contributed by atoms with Crippen molar-refractivity contribution in [3.63, 3.8) is 0 Å². The maximum Gasteiger partial charge on any atom is 0.323 e. The van der Waals surface area contributed by atoms with E-state index in [0.29, 0.717) is 0 Å². The van der Waals surface area contributed by atoms with E-state index in [0.717, 1.165) is 6.54 Å². The third-order valence-corrected chi connectivity index (χ3v) is 3.31. The van der Waals surface area contributed by atoms with Gasteiger partial charge in [-0.2, -0.15) is 0 Å². The minimum absolute atomic E-state index is 0.00926. The molecule has 2 aliphatic rings.